The van der Waals surface area contributed by atoms with Crippen molar-refractivity contribution in [3.05, 3.63) is 60.7 Å². The molecule has 0 spiro atoms. The summed E-state index contributed by atoms with van der Waals surface area (Å²) in [6, 6.07) is 19.8. The zero-order valence-corrected chi connectivity index (χ0v) is 15.3. The van der Waals surface area contributed by atoms with Crippen LogP contribution in [0.1, 0.15) is 6.92 Å². The molecule has 0 aliphatic heterocycles. The molecule has 2 heterocycles. The first kappa shape index (κ1) is 16.7. The zero-order valence-electron chi connectivity index (χ0n) is 14.5. The molecular formula is C20H19N3O2S. The molecule has 26 heavy (non-hydrogen) atoms. The minimum Gasteiger partial charge on any atom is -0.493 e. The highest BCUT2D eigenvalue weighted by Crippen LogP contribution is 2.29. The first-order valence-electron chi connectivity index (χ1n) is 8.58. The molecule has 0 saturated carbocycles. The van der Waals surface area contributed by atoms with Crippen molar-refractivity contribution in [1.82, 2.24) is 14.8 Å². The van der Waals surface area contributed by atoms with Crippen LogP contribution >= 0.6 is 11.8 Å². The van der Waals surface area contributed by atoms with Crippen LogP contribution in [0.25, 0.3) is 22.6 Å². The van der Waals surface area contributed by atoms with E-state index in [1.54, 1.807) is 11.8 Å². The number of furan rings is 1. The Bertz CT molecular complexity index is 962. The average molecular weight is 365 g/mol. The van der Waals surface area contributed by atoms with Crippen molar-refractivity contribution in [1.29, 1.82) is 0 Å². The third-order valence-electron chi connectivity index (χ3n) is 4.01. The molecule has 0 radical (unpaired) electrons. The molecule has 0 fully saturated rings. The van der Waals surface area contributed by atoms with Gasteiger partial charge < -0.3 is 9.15 Å². The highest BCUT2D eigenvalue weighted by Gasteiger charge is 2.16. The molecule has 0 unspecified atom stereocenters. The van der Waals surface area contributed by atoms with Crippen LogP contribution in [0.4, 0.5) is 0 Å². The quantitative estimate of drug-likeness (QED) is 0.345. The summed E-state index contributed by atoms with van der Waals surface area (Å²) in [5.74, 6) is 3.18. The fraction of sp³-hybridized carbons (Fsp3) is 0.200. The van der Waals surface area contributed by atoms with E-state index in [0.29, 0.717) is 6.61 Å². The molecule has 4 rings (SSSR count). The van der Waals surface area contributed by atoms with Crippen molar-refractivity contribution in [2.24, 2.45) is 0 Å². The molecule has 0 aliphatic rings. The Morgan fingerprint density at radius 2 is 1.85 bits per heavy atom. The molecule has 5 nitrogen and oxygen atoms in total. The lowest BCUT2D eigenvalue weighted by atomic mass is 10.2. The number of hydrogen-bond donors (Lipinski definition) is 0. The van der Waals surface area contributed by atoms with E-state index in [2.05, 4.69) is 21.7 Å². The van der Waals surface area contributed by atoms with Crippen LogP contribution < -0.4 is 4.74 Å². The summed E-state index contributed by atoms with van der Waals surface area (Å²) in [6.07, 6.45) is 0. The molecule has 0 N–H and O–H groups in total. The van der Waals surface area contributed by atoms with Crippen LogP contribution in [0.2, 0.25) is 0 Å². The van der Waals surface area contributed by atoms with E-state index in [1.165, 1.54) is 0 Å². The van der Waals surface area contributed by atoms with Crippen LogP contribution in [-0.4, -0.2) is 27.1 Å². The first-order chi connectivity index (χ1) is 12.8. The number of nitrogens with zero attached hydrogens (tertiary/aromatic N) is 3. The molecule has 132 valence electrons. The standard InChI is InChI=1S/C20H19N3O2S/c1-2-23-19(18-14-15-8-6-7-11-17(15)25-18)21-22-20(23)26-13-12-24-16-9-4-3-5-10-16/h3-11,14H,2,12-13H2,1H3. The number of ether oxygens (including phenoxy) is 1. The summed E-state index contributed by atoms with van der Waals surface area (Å²) in [7, 11) is 0. The third-order valence-corrected chi connectivity index (χ3v) is 4.94. The van der Waals surface area contributed by atoms with Gasteiger partial charge in [-0.05, 0) is 31.2 Å². The minimum absolute atomic E-state index is 0.616. The Morgan fingerprint density at radius 3 is 2.65 bits per heavy atom. The van der Waals surface area contributed by atoms with Crippen molar-refractivity contribution in [2.45, 2.75) is 18.6 Å². The van der Waals surface area contributed by atoms with E-state index in [0.717, 1.165) is 45.8 Å². The Balaban J connectivity index is 1.46. The number of para-hydroxylation sites is 2. The van der Waals surface area contributed by atoms with E-state index in [9.17, 15) is 0 Å². The Hall–Kier alpha value is -2.73. The van der Waals surface area contributed by atoms with Gasteiger partial charge in [-0.1, -0.05) is 48.2 Å². The van der Waals surface area contributed by atoms with E-state index < -0.39 is 0 Å². The minimum atomic E-state index is 0.616. The lowest BCUT2D eigenvalue weighted by molar-refractivity contribution is 0.344. The molecule has 4 aromatic rings. The SMILES string of the molecule is CCn1c(SCCOc2ccccc2)nnc1-c1cc2ccccc2o1. The molecule has 0 saturated heterocycles. The molecule has 2 aromatic carbocycles. The number of aromatic nitrogens is 3. The molecule has 0 amide bonds. The molecular weight excluding hydrogens is 346 g/mol. The normalized spacial score (nSPS) is 11.1. The highest BCUT2D eigenvalue weighted by atomic mass is 32.2. The summed E-state index contributed by atoms with van der Waals surface area (Å²) >= 11 is 1.64. The van der Waals surface area contributed by atoms with Crippen LogP contribution in [0, 0.1) is 0 Å². The second-order valence-electron chi connectivity index (χ2n) is 5.71. The van der Waals surface area contributed by atoms with E-state index >= 15 is 0 Å². The fourth-order valence-corrected chi connectivity index (χ4v) is 3.58. The molecule has 0 atom stereocenters. The Kier molecular flexibility index (Phi) is 4.93. The van der Waals surface area contributed by atoms with Gasteiger partial charge in [-0.25, -0.2) is 0 Å². The number of thioether (sulfide) groups is 1. The summed E-state index contributed by atoms with van der Waals surface area (Å²) in [5, 5.41) is 10.6. The van der Waals surface area contributed by atoms with Gasteiger partial charge in [0.15, 0.2) is 10.9 Å². The zero-order chi connectivity index (χ0) is 17.8. The van der Waals surface area contributed by atoms with Gasteiger partial charge in [0.2, 0.25) is 5.82 Å². The summed E-state index contributed by atoms with van der Waals surface area (Å²) < 4.78 is 13.7. The summed E-state index contributed by atoms with van der Waals surface area (Å²) in [4.78, 5) is 0. The highest BCUT2D eigenvalue weighted by molar-refractivity contribution is 7.99. The van der Waals surface area contributed by atoms with Crippen LogP contribution in [0.5, 0.6) is 5.75 Å². The fourth-order valence-electron chi connectivity index (χ4n) is 2.76. The van der Waals surface area contributed by atoms with Crippen molar-refractivity contribution in [2.75, 3.05) is 12.4 Å². The molecule has 2 aromatic heterocycles. The second kappa shape index (κ2) is 7.66. The van der Waals surface area contributed by atoms with Gasteiger partial charge in [0.25, 0.3) is 0 Å². The largest absolute Gasteiger partial charge is 0.493 e. The van der Waals surface area contributed by atoms with Crippen molar-refractivity contribution in [3.63, 3.8) is 0 Å². The summed E-state index contributed by atoms with van der Waals surface area (Å²) in [6.45, 7) is 3.48. The first-order valence-corrected chi connectivity index (χ1v) is 9.56. The maximum Gasteiger partial charge on any atom is 0.200 e. The van der Waals surface area contributed by atoms with Crippen LogP contribution in [-0.2, 0) is 6.54 Å². The smallest absolute Gasteiger partial charge is 0.200 e. The van der Waals surface area contributed by atoms with Gasteiger partial charge in [-0.3, -0.25) is 4.57 Å². The van der Waals surface area contributed by atoms with Crippen molar-refractivity contribution >= 4 is 22.7 Å². The topological polar surface area (TPSA) is 53.1 Å². The number of rotatable bonds is 7. The van der Waals surface area contributed by atoms with Crippen LogP contribution in [0.3, 0.4) is 0 Å². The molecule has 0 aliphatic carbocycles. The van der Waals surface area contributed by atoms with Crippen LogP contribution in [0.15, 0.2) is 70.2 Å². The van der Waals surface area contributed by atoms with Gasteiger partial charge in [0, 0.05) is 17.7 Å². The third kappa shape index (κ3) is 3.46. The van der Waals surface area contributed by atoms with Gasteiger partial charge in [0.1, 0.15) is 11.3 Å². The van der Waals surface area contributed by atoms with E-state index in [-0.39, 0.29) is 0 Å². The Labute approximate surface area is 156 Å². The molecule has 6 heteroatoms. The average Bonchev–Trinajstić information content (AvgIpc) is 3.29. The maximum absolute atomic E-state index is 5.94. The van der Waals surface area contributed by atoms with E-state index in [4.69, 9.17) is 9.15 Å². The Morgan fingerprint density at radius 1 is 1.04 bits per heavy atom. The predicted octanol–water partition coefficient (Wildman–Crippen LogP) is 4.88. The number of benzene rings is 2. The van der Waals surface area contributed by atoms with Gasteiger partial charge in [-0.2, -0.15) is 0 Å². The lowest BCUT2D eigenvalue weighted by Gasteiger charge is -2.07. The monoisotopic (exact) mass is 365 g/mol. The number of hydrogen-bond acceptors (Lipinski definition) is 5. The summed E-state index contributed by atoms with van der Waals surface area (Å²) in [5.41, 5.74) is 0.860. The van der Waals surface area contributed by atoms with Gasteiger partial charge >= 0.3 is 0 Å². The van der Waals surface area contributed by atoms with Gasteiger partial charge in [-0.15, -0.1) is 10.2 Å². The van der Waals surface area contributed by atoms with Crippen molar-refractivity contribution < 1.29 is 9.15 Å². The molecule has 0 bridgehead atoms. The second-order valence-corrected chi connectivity index (χ2v) is 6.77. The van der Waals surface area contributed by atoms with E-state index in [1.807, 2.05) is 60.7 Å². The van der Waals surface area contributed by atoms with Gasteiger partial charge in [0.05, 0.1) is 6.61 Å². The number of fused-ring (bicyclic) bond motifs is 1. The van der Waals surface area contributed by atoms with Crippen molar-refractivity contribution in [3.8, 4) is 17.3 Å². The lowest BCUT2D eigenvalue weighted by Crippen LogP contribution is -2.03. The predicted molar refractivity (Wildman–Crippen MR) is 104 cm³/mol. The maximum atomic E-state index is 5.94.